The van der Waals surface area contributed by atoms with Crippen LogP contribution in [0.5, 0.6) is 5.75 Å². The average Bonchev–Trinajstić information content (AvgIpc) is 2.98. The maximum atomic E-state index is 12.9. The lowest BCUT2D eigenvalue weighted by Crippen LogP contribution is -2.20. The van der Waals surface area contributed by atoms with Crippen LogP contribution >= 0.6 is 15.9 Å². The number of hydrogen-bond acceptors (Lipinski definition) is 4. The van der Waals surface area contributed by atoms with Crippen molar-refractivity contribution in [3.63, 3.8) is 0 Å². The molecule has 0 bridgehead atoms. The number of halogens is 1. The summed E-state index contributed by atoms with van der Waals surface area (Å²) < 4.78 is 7.85. The zero-order valence-electron chi connectivity index (χ0n) is 13.3. The monoisotopic (exact) mass is 393 g/mol. The molecule has 0 saturated carbocycles. The molecule has 0 saturated heterocycles. The highest BCUT2D eigenvalue weighted by Crippen LogP contribution is 2.32. The number of ether oxygens (including phenoxy) is 1. The van der Waals surface area contributed by atoms with Crippen LogP contribution in [0.15, 0.2) is 51.7 Å². The van der Waals surface area contributed by atoms with Crippen molar-refractivity contribution in [3.05, 3.63) is 62.9 Å². The Balaban J connectivity index is 1.80. The summed E-state index contributed by atoms with van der Waals surface area (Å²) >= 11 is 3.42. The minimum absolute atomic E-state index is 0.0408. The van der Waals surface area contributed by atoms with Gasteiger partial charge >= 0.3 is 0 Å². The quantitative estimate of drug-likeness (QED) is 0.435. The molecule has 1 aliphatic rings. The van der Waals surface area contributed by atoms with Crippen LogP contribution in [0.25, 0.3) is 33.3 Å². The molecule has 3 heterocycles. The van der Waals surface area contributed by atoms with Gasteiger partial charge in [-0.05, 0) is 42.5 Å². The number of rotatable bonds is 1. The molecule has 4 aromatic rings. The van der Waals surface area contributed by atoms with Gasteiger partial charge in [-0.3, -0.25) is 9.36 Å². The average molecular weight is 394 g/mol. The van der Waals surface area contributed by atoms with Gasteiger partial charge in [0, 0.05) is 15.4 Å². The van der Waals surface area contributed by atoms with Crippen molar-refractivity contribution in [1.29, 1.82) is 0 Å². The summed E-state index contributed by atoms with van der Waals surface area (Å²) in [5.74, 6) is 1.42. The molecule has 0 amide bonds. The molecule has 0 fully saturated rings. The number of hydrogen-bond donors (Lipinski definition) is 0. The minimum Gasteiger partial charge on any atom is -0.497 e. The molecule has 1 aliphatic heterocycles. The van der Waals surface area contributed by atoms with Gasteiger partial charge in [0.05, 0.1) is 30.1 Å². The van der Waals surface area contributed by atoms with Crippen molar-refractivity contribution in [3.8, 4) is 17.3 Å². The fourth-order valence-corrected chi connectivity index (χ4v) is 3.69. The number of aromatic nitrogens is 3. The number of methoxy groups -OCH3 is 1. The molecule has 0 unspecified atom stereocenters. The Labute approximate surface area is 151 Å². The predicted molar refractivity (Wildman–Crippen MR) is 100 cm³/mol. The van der Waals surface area contributed by atoms with E-state index in [1.807, 2.05) is 36.4 Å². The molecule has 122 valence electrons. The fraction of sp³-hybridized carbons (Fsp3) is 0.105. The third-order valence-corrected chi connectivity index (χ3v) is 5.05. The number of fused-ring (bicyclic) bond motifs is 5. The lowest BCUT2D eigenvalue weighted by atomic mass is 10.1. The molecule has 6 heteroatoms. The van der Waals surface area contributed by atoms with Crippen molar-refractivity contribution in [2.24, 2.45) is 0 Å². The summed E-state index contributed by atoms with van der Waals surface area (Å²) in [7, 11) is 1.64. The zero-order chi connectivity index (χ0) is 17.1. The van der Waals surface area contributed by atoms with Crippen molar-refractivity contribution < 1.29 is 4.74 Å². The zero-order valence-corrected chi connectivity index (χ0v) is 14.9. The van der Waals surface area contributed by atoms with Crippen LogP contribution < -0.4 is 10.3 Å². The normalized spacial score (nSPS) is 12.4. The molecule has 5 rings (SSSR count). The number of pyridine rings is 1. The molecule has 25 heavy (non-hydrogen) atoms. The molecule has 2 aromatic carbocycles. The summed E-state index contributed by atoms with van der Waals surface area (Å²) in [5, 5.41) is 1.60. The highest BCUT2D eigenvalue weighted by molar-refractivity contribution is 9.10. The molecule has 0 spiro atoms. The molecule has 0 aliphatic carbocycles. The van der Waals surface area contributed by atoms with E-state index in [2.05, 4.69) is 22.0 Å². The smallest absolute Gasteiger partial charge is 0.262 e. The fourth-order valence-electron chi connectivity index (χ4n) is 3.33. The Hall–Kier alpha value is -2.73. The van der Waals surface area contributed by atoms with E-state index < -0.39 is 0 Å². The van der Waals surface area contributed by atoms with E-state index in [0.29, 0.717) is 23.3 Å². The Bertz CT molecular complexity index is 1250. The van der Waals surface area contributed by atoms with Crippen LogP contribution in [-0.2, 0) is 6.54 Å². The van der Waals surface area contributed by atoms with Crippen molar-refractivity contribution >= 4 is 37.7 Å². The second-order valence-electron chi connectivity index (χ2n) is 6.04. The molecule has 0 radical (unpaired) electrons. The first-order chi connectivity index (χ1) is 12.1. The first-order valence-electron chi connectivity index (χ1n) is 7.82. The second kappa shape index (κ2) is 5.13. The predicted octanol–water partition coefficient (Wildman–Crippen LogP) is 3.74. The van der Waals surface area contributed by atoms with Gasteiger partial charge in [-0.25, -0.2) is 9.97 Å². The lowest BCUT2D eigenvalue weighted by Gasteiger charge is -2.05. The topological polar surface area (TPSA) is 57.0 Å². The van der Waals surface area contributed by atoms with E-state index in [1.54, 1.807) is 11.7 Å². The summed E-state index contributed by atoms with van der Waals surface area (Å²) in [4.78, 5) is 22.3. The third kappa shape index (κ3) is 2.10. The first kappa shape index (κ1) is 14.6. The van der Waals surface area contributed by atoms with E-state index in [9.17, 15) is 4.79 Å². The third-order valence-electron chi connectivity index (χ3n) is 4.56. The largest absolute Gasteiger partial charge is 0.497 e. The van der Waals surface area contributed by atoms with Gasteiger partial charge in [0.2, 0.25) is 0 Å². The standard InChI is InChI=1S/C19H12BrN3O2/c1-25-13-3-5-15-10(7-13)6-11-9-23-18(17(11)21-15)22-16-4-2-12(20)8-14(16)19(23)24/h2-8H,9H2,1H3. The van der Waals surface area contributed by atoms with E-state index in [1.165, 1.54) is 0 Å². The van der Waals surface area contributed by atoms with Crippen molar-refractivity contribution in [2.75, 3.05) is 7.11 Å². The maximum Gasteiger partial charge on any atom is 0.262 e. The Kier molecular flexibility index (Phi) is 3.00. The van der Waals surface area contributed by atoms with Crippen LogP contribution in [0.1, 0.15) is 5.56 Å². The molecule has 2 aromatic heterocycles. The van der Waals surface area contributed by atoms with Crippen LogP contribution in [0.4, 0.5) is 0 Å². The highest BCUT2D eigenvalue weighted by atomic mass is 79.9. The summed E-state index contributed by atoms with van der Waals surface area (Å²) in [6.45, 7) is 0.485. The van der Waals surface area contributed by atoms with Gasteiger partial charge < -0.3 is 4.74 Å². The van der Waals surface area contributed by atoms with E-state index >= 15 is 0 Å². The van der Waals surface area contributed by atoms with Crippen LogP contribution in [0.3, 0.4) is 0 Å². The first-order valence-corrected chi connectivity index (χ1v) is 8.61. The van der Waals surface area contributed by atoms with Gasteiger partial charge in [-0.1, -0.05) is 15.9 Å². The molecule has 0 atom stereocenters. The summed E-state index contributed by atoms with van der Waals surface area (Å²) in [6, 6.07) is 13.4. The van der Waals surface area contributed by atoms with Gasteiger partial charge in [0.1, 0.15) is 11.4 Å². The SMILES string of the molecule is COc1ccc2nc3c(cc2c1)Cn1c-3nc2ccc(Br)cc2c1=O. The summed E-state index contributed by atoms with van der Waals surface area (Å²) in [5.41, 5.74) is 3.28. The maximum absolute atomic E-state index is 12.9. The lowest BCUT2D eigenvalue weighted by molar-refractivity contribution is 0.415. The number of benzene rings is 2. The van der Waals surface area contributed by atoms with E-state index in [-0.39, 0.29) is 5.56 Å². The molecule has 5 nitrogen and oxygen atoms in total. The molecular weight excluding hydrogens is 382 g/mol. The number of nitrogens with zero attached hydrogens (tertiary/aromatic N) is 3. The minimum atomic E-state index is -0.0408. The molecular formula is C19H12BrN3O2. The van der Waals surface area contributed by atoms with Crippen LogP contribution in [0, 0.1) is 0 Å². The summed E-state index contributed by atoms with van der Waals surface area (Å²) in [6.07, 6.45) is 0. The second-order valence-corrected chi connectivity index (χ2v) is 6.96. The van der Waals surface area contributed by atoms with Crippen LogP contribution in [0.2, 0.25) is 0 Å². The Morgan fingerprint density at radius 1 is 1.08 bits per heavy atom. The van der Waals surface area contributed by atoms with Crippen molar-refractivity contribution in [1.82, 2.24) is 14.5 Å². The van der Waals surface area contributed by atoms with Gasteiger partial charge in [0.25, 0.3) is 5.56 Å². The van der Waals surface area contributed by atoms with Crippen LogP contribution in [-0.4, -0.2) is 21.6 Å². The van der Waals surface area contributed by atoms with Gasteiger partial charge in [-0.2, -0.15) is 0 Å². The Morgan fingerprint density at radius 3 is 2.76 bits per heavy atom. The van der Waals surface area contributed by atoms with Crippen molar-refractivity contribution in [2.45, 2.75) is 6.54 Å². The highest BCUT2D eigenvalue weighted by Gasteiger charge is 2.24. The Morgan fingerprint density at radius 2 is 1.92 bits per heavy atom. The van der Waals surface area contributed by atoms with E-state index in [4.69, 9.17) is 14.7 Å². The van der Waals surface area contributed by atoms with Gasteiger partial charge in [0.15, 0.2) is 5.82 Å². The van der Waals surface area contributed by atoms with Gasteiger partial charge in [-0.15, -0.1) is 0 Å². The van der Waals surface area contributed by atoms with E-state index in [0.717, 1.165) is 32.4 Å². The molecule has 0 N–H and O–H groups in total.